The Kier molecular flexibility index (Phi) is 11.4. The molecule has 0 aliphatic rings. The van der Waals surface area contributed by atoms with Crippen molar-refractivity contribution in [2.45, 2.75) is 0 Å². The highest BCUT2D eigenvalue weighted by molar-refractivity contribution is 6.18. The monoisotopic (exact) mass is 1150 g/mol. The Morgan fingerprint density at radius 3 is 0.811 bits per heavy atom. The van der Waals surface area contributed by atoms with Gasteiger partial charge < -0.3 is 18.3 Å². The van der Waals surface area contributed by atoms with Crippen LogP contribution in [0.2, 0.25) is 0 Å². The quantitative estimate of drug-likeness (QED) is 0.142. The molecular weight excluding hydrogens is 1100 g/mol. The molecule has 0 amide bonds. The molecule has 10 nitrogen and oxygen atoms in total. The van der Waals surface area contributed by atoms with Crippen LogP contribution in [0.5, 0.6) is 0 Å². The predicted molar refractivity (Wildman–Crippen MR) is 365 cm³/mol. The first kappa shape index (κ1) is 50.7. The van der Waals surface area contributed by atoms with Gasteiger partial charge in [0.15, 0.2) is 0 Å². The number of hydrogen-bond donors (Lipinski definition) is 0. The van der Waals surface area contributed by atoms with Crippen LogP contribution in [-0.4, -0.2) is 43.2 Å². The average Bonchev–Trinajstić information content (AvgIpc) is 1.47. The van der Waals surface area contributed by atoms with Gasteiger partial charge in [-0.15, -0.1) is 0 Å². The minimum absolute atomic E-state index is 0.464. The molecule has 0 spiro atoms. The van der Waals surface area contributed by atoms with Gasteiger partial charge in [-0.1, -0.05) is 121 Å². The molecular formula is C80H48N10. The number of aromatic nitrogens is 9. The van der Waals surface area contributed by atoms with Crippen molar-refractivity contribution in [1.29, 1.82) is 5.26 Å². The molecule has 0 aliphatic carbocycles. The first-order chi connectivity index (χ1) is 44.7. The Hall–Kier alpha value is -12.6. The van der Waals surface area contributed by atoms with Gasteiger partial charge in [-0.2, -0.15) is 5.26 Å². The van der Waals surface area contributed by atoms with Crippen molar-refractivity contribution < 1.29 is 0 Å². The fraction of sp³-hybridized carbons (Fsp3) is 0. The van der Waals surface area contributed by atoms with Crippen molar-refractivity contribution in [3.8, 4) is 85.0 Å². The molecule has 0 saturated heterocycles. The van der Waals surface area contributed by atoms with E-state index in [0.29, 0.717) is 16.9 Å². The van der Waals surface area contributed by atoms with Gasteiger partial charge in [-0.3, -0.25) is 24.9 Å². The molecule has 0 saturated carbocycles. The third-order valence-corrected chi connectivity index (χ3v) is 17.9. The topological polar surface area (TPSA) is 108 Å². The highest BCUT2D eigenvalue weighted by Crippen LogP contribution is 2.52. The lowest BCUT2D eigenvalue weighted by molar-refractivity contribution is 1.04. The average molecular weight is 1150 g/mol. The largest absolute Gasteiger partial charge is 0.306 e. The van der Waals surface area contributed by atoms with E-state index in [2.05, 4.69) is 231 Å². The van der Waals surface area contributed by atoms with Gasteiger partial charge in [0.05, 0.1) is 89.7 Å². The van der Waals surface area contributed by atoms with Crippen LogP contribution in [0.3, 0.4) is 0 Å². The van der Waals surface area contributed by atoms with E-state index in [0.717, 1.165) is 155 Å². The Morgan fingerprint density at radius 1 is 0.244 bits per heavy atom. The third kappa shape index (κ3) is 7.67. The fourth-order valence-electron chi connectivity index (χ4n) is 14.1. The Bertz CT molecular complexity index is 5320. The van der Waals surface area contributed by atoms with Crippen LogP contribution in [0.1, 0.15) is 5.56 Å². The molecule has 0 unspecified atom stereocenters. The summed E-state index contributed by atoms with van der Waals surface area (Å²) >= 11 is 0. The van der Waals surface area contributed by atoms with Crippen LogP contribution in [0.4, 0.5) is 0 Å². The number of rotatable bonds is 9. The van der Waals surface area contributed by atoms with Crippen molar-refractivity contribution >= 4 is 87.2 Å². The van der Waals surface area contributed by atoms with E-state index in [1.807, 2.05) is 85.7 Å². The van der Waals surface area contributed by atoms with E-state index in [1.54, 1.807) is 0 Å². The fourth-order valence-corrected chi connectivity index (χ4v) is 14.1. The number of para-hydroxylation sites is 4. The van der Waals surface area contributed by atoms with E-state index in [1.165, 1.54) is 0 Å². The van der Waals surface area contributed by atoms with E-state index in [9.17, 15) is 5.26 Å². The lowest BCUT2D eigenvalue weighted by Gasteiger charge is -2.29. The number of fused-ring (bicyclic) bond motifs is 12. The molecule has 18 aromatic rings. The number of hydrogen-bond acceptors (Lipinski definition) is 6. The van der Waals surface area contributed by atoms with E-state index >= 15 is 0 Å². The Labute approximate surface area is 515 Å². The lowest BCUT2D eigenvalue weighted by Crippen LogP contribution is -2.16. The van der Waals surface area contributed by atoms with Crippen LogP contribution < -0.4 is 0 Å². The summed E-state index contributed by atoms with van der Waals surface area (Å²) in [5, 5.41) is 21.4. The highest BCUT2D eigenvalue weighted by atomic mass is 15.1. The van der Waals surface area contributed by atoms with Crippen molar-refractivity contribution in [2.75, 3.05) is 0 Å². The Morgan fingerprint density at radius 2 is 0.522 bits per heavy atom. The second kappa shape index (κ2) is 20.3. The van der Waals surface area contributed by atoms with Crippen LogP contribution in [0, 0.1) is 11.3 Å². The second-order valence-electron chi connectivity index (χ2n) is 22.7. The predicted octanol–water partition coefficient (Wildman–Crippen LogP) is 19.3. The molecule has 418 valence electrons. The molecule has 10 heteroatoms. The summed E-state index contributed by atoms with van der Waals surface area (Å²) in [5.74, 6) is 0. The summed E-state index contributed by atoms with van der Waals surface area (Å²) in [6.45, 7) is 0. The summed E-state index contributed by atoms with van der Waals surface area (Å²) in [5.41, 5.74) is 20.1. The van der Waals surface area contributed by atoms with Crippen LogP contribution >= 0.6 is 0 Å². The summed E-state index contributed by atoms with van der Waals surface area (Å²) in [6.07, 6.45) is 11.2. The van der Waals surface area contributed by atoms with Crippen molar-refractivity contribution in [3.05, 3.63) is 298 Å². The van der Waals surface area contributed by atoms with E-state index < -0.39 is 0 Å². The summed E-state index contributed by atoms with van der Waals surface area (Å²) < 4.78 is 9.57. The number of pyridine rings is 5. The van der Waals surface area contributed by atoms with Gasteiger partial charge in [0.1, 0.15) is 11.6 Å². The zero-order chi connectivity index (χ0) is 59.4. The van der Waals surface area contributed by atoms with Gasteiger partial charge in [0.2, 0.25) is 0 Å². The first-order valence-corrected chi connectivity index (χ1v) is 30.0. The van der Waals surface area contributed by atoms with Crippen molar-refractivity contribution in [3.63, 3.8) is 0 Å². The van der Waals surface area contributed by atoms with Gasteiger partial charge in [0.25, 0.3) is 0 Å². The van der Waals surface area contributed by atoms with Gasteiger partial charge >= 0.3 is 0 Å². The van der Waals surface area contributed by atoms with Crippen molar-refractivity contribution in [1.82, 2.24) is 43.2 Å². The molecule has 18 rings (SSSR count). The number of nitriles is 1. The zero-order valence-electron chi connectivity index (χ0n) is 48.2. The standard InChI is InChI=1S/C80H48N10/c81-49-63-77(87-68-25-5-1-17-55(68)56-18-2-6-26-69(56)87)79(89-72-33-29-51(64-21-9-13-39-83-64)45-59(72)60-46-52(30-34-73(60)89)65-22-10-14-40-84-65)76(50-37-43-82-44-38-50)80(78(63)88-70-27-7-3-19-57(70)58-20-4-8-28-71(58)88)90-74-35-31-53(66-23-11-15-41-85-66)47-61(74)62-48-54(32-36-75(62)90)67-24-12-16-42-86-67/h1-48H. The van der Waals surface area contributed by atoms with Gasteiger partial charge in [0, 0.05) is 108 Å². The number of benzene rings is 9. The summed E-state index contributed by atoms with van der Waals surface area (Å²) in [7, 11) is 0. The molecule has 9 aromatic carbocycles. The molecule has 90 heavy (non-hydrogen) atoms. The molecule has 9 heterocycles. The van der Waals surface area contributed by atoms with E-state index in [-0.39, 0.29) is 0 Å². The molecule has 0 N–H and O–H groups in total. The summed E-state index contributed by atoms with van der Waals surface area (Å²) in [6, 6.07) is 92.6. The van der Waals surface area contributed by atoms with E-state index in [4.69, 9.17) is 24.9 Å². The first-order valence-electron chi connectivity index (χ1n) is 30.0. The maximum atomic E-state index is 13.2. The molecule has 0 aliphatic heterocycles. The Balaban J connectivity index is 1.12. The second-order valence-corrected chi connectivity index (χ2v) is 22.7. The van der Waals surface area contributed by atoms with Gasteiger partial charge in [-0.05, 0) is 139 Å². The maximum absolute atomic E-state index is 13.2. The molecule has 9 aromatic heterocycles. The zero-order valence-corrected chi connectivity index (χ0v) is 48.2. The SMILES string of the molecule is N#Cc1c(-n2c3ccccc3c3ccccc32)c(-n2c3ccc(-c4ccccn4)cc3c3cc(-c4ccccn4)ccc32)c(-c2ccncc2)c(-n2c3ccc(-c4ccccn4)cc3c3cc(-c4ccccn4)ccc32)c1-n1c2ccccc2c2ccccc21. The molecule has 0 bridgehead atoms. The smallest absolute Gasteiger partial charge is 0.104 e. The summed E-state index contributed by atoms with van der Waals surface area (Å²) in [4.78, 5) is 24.3. The van der Waals surface area contributed by atoms with Crippen LogP contribution in [0.25, 0.3) is 166 Å². The minimum atomic E-state index is 0.464. The van der Waals surface area contributed by atoms with Crippen LogP contribution in [-0.2, 0) is 0 Å². The lowest BCUT2D eigenvalue weighted by atomic mass is 9.93. The van der Waals surface area contributed by atoms with Crippen LogP contribution in [0.15, 0.2) is 292 Å². The molecule has 0 radical (unpaired) electrons. The normalized spacial score (nSPS) is 11.8. The van der Waals surface area contributed by atoms with Crippen molar-refractivity contribution in [2.24, 2.45) is 0 Å². The number of nitrogens with zero attached hydrogens (tertiary/aromatic N) is 10. The van der Waals surface area contributed by atoms with Gasteiger partial charge in [-0.25, -0.2) is 0 Å². The third-order valence-electron chi connectivity index (χ3n) is 17.9. The minimum Gasteiger partial charge on any atom is -0.306 e. The maximum Gasteiger partial charge on any atom is 0.104 e. The highest BCUT2D eigenvalue weighted by Gasteiger charge is 2.35. The molecule has 0 atom stereocenters. The molecule has 0 fully saturated rings.